The summed E-state index contributed by atoms with van der Waals surface area (Å²) in [4.78, 5) is 28.7. The van der Waals surface area contributed by atoms with Crippen LogP contribution in [-0.4, -0.2) is 39.0 Å². The van der Waals surface area contributed by atoms with Gasteiger partial charge in [-0.15, -0.1) is 0 Å². The summed E-state index contributed by atoms with van der Waals surface area (Å²) in [5, 5.41) is 0. The topological polar surface area (TPSA) is 83.1 Å². The van der Waals surface area contributed by atoms with E-state index in [1.54, 1.807) is 20.9 Å². The van der Waals surface area contributed by atoms with E-state index in [4.69, 9.17) is 19.0 Å². The fourth-order valence-electron chi connectivity index (χ4n) is 1.67. The number of carbonyl (C=O) groups excluding carboxylic acids is 2. The van der Waals surface area contributed by atoms with Crippen molar-refractivity contribution in [3.8, 4) is 0 Å². The molecule has 7 nitrogen and oxygen atoms in total. The Labute approximate surface area is 135 Å². The zero-order valence-electron chi connectivity index (χ0n) is 13.7. The summed E-state index contributed by atoms with van der Waals surface area (Å²) < 4.78 is 15.0. The highest BCUT2D eigenvalue weighted by Crippen LogP contribution is 2.20. The molecular formula is C16H23NO6. The van der Waals surface area contributed by atoms with Crippen molar-refractivity contribution in [3.63, 3.8) is 0 Å². The van der Waals surface area contributed by atoms with Gasteiger partial charge >= 0.3 is 12.1 Å². The maximum absolute atomic E-state index is 12.0. The SMILES string of the molecule is CCOC(=O)C(C)(CONC)COC(=O)OCc1ccccc1. The molecule has 1 atom stereocenters. The fourth-order valence-corrected chi connectivity index (χ4v) is 1.67. The zero-order chi connectivity index (χ0) is 17.1. The number of rotatable bonds is 9. The second-order valence-corrected chi connectivity index (χ2v) is 5.09. The molecule has 23 heavy (non-hydrogen) atoms. The van der Waals surface area contributed by atoms with Crippen molar-refractivity contribution in [1.29, 1.82) is 0 Å². The molecule has 1 unspecified atom stereocenters. The molecule has 1 N–H and O–H groups in total. The Balaban J connectivity index is 2.49. The van der Waals surface area contributed by atoms with Crippen molar-refractivity contribution in [1.82, 2.24) is 5.48 Å². The molecule has 1 rings (SSSR count). The van der Waals surface area contributed by atoms with E-state index in [2.05, 4.69) is 5.48 Å². The smallest absolute Gasteiger partial charge is 0.465 e. The summed E-state index contributed by atoms with van der Waals surface area (Å²) in [5.74, 6) is -0.508. The molecule has 0 bridgehead atoms. The summed E-state index contributed by atoms with van der Waals surface area (Å²) in [6.45, 7) is 3.41. The summed E-state index contributed by atoms with van der Waals surface area (Å²) in [7, 11) is 1.57. The van der Waals surface area contributed by atoms with Crippen LogP contribution in [0.5, 0.6) is 0 Å². The van der Waals surface area contributed by atoms with Gasteiger partial charge in [0.05, 0.1) is 13.2 Å². The van der Waals surface area contributed by atoms with E-state index in [0.29, 0.717) is 0 Å². The molecule has 0 aliphatic heterocycles. The minimum absolute atomic E-state index is 0.00566. The number of hydrogen-bond acceptors (Lipinski definition) is 7. The number of benzene rings is 1. The second kappa shape index (κ2) is 9.81. The van der Waals surface area contributed by atoms with E-state index in [-0.39, 0.29) is 26.4 Å². The Morgan fingerprint density at radius 2 is 1.78 bits per heavy atom. The van der Waals surface area contributed by atoms with Crippen LogP contribution in [0.2, 0.25) is 0 Å². The van der Waals surface area contributed by atoms with E-state index in [0.717, 1.165) is 5.56 Å². The third-order valence-electron chi connectivity index (χ3n) is 3.01. The van der Waals surface area contributed by atoms with Gasteiger partial charge in [-0.05, 0) is 19.4 Å². The van der Waals surface area contributed by atoms with Gasteiger partial charge in [-0.25, -0.2) is 10.3 Å². The van der Waals surface area contributed by atoms with Gasteiger partial charge < -0.3 is 19.0 Å². The first-order valence-corrected chi connectivity index (χ1v) is 7.31. The molecule has 0 aliphatic carbocycles. The Hall–Kier alpha value is -2.12. The van der Waals surface area contributed by atoms with E-state index >= 15 is 0 Å². The van der Waals surface area contributed by atoms with Crippen LogP contribution in [0.15, 0.2) is 30.3 Å². The molecule has 0 amide bonds. The lowest BCUT2D eigenvalue weighted by atomic mass is 9.93. The van der Waals surface area contributed by atoms with Gasteiger partial charge in [-0.1, -0.05) is 30.3 Å². The first kappa shape index (κ1) is 18.9. The van der Waals surface area contributed by atoms with Gasteiger partial charge in [-0.2, -0.15) is 0 Å². The molecule has 0 radical (unpaired) electrons. The first-order chi connectivity index (χ1) is 11.0. The minimum Gasteiger partial charge on any atom is -0.465 e. The van der Waals surface area contributed by atoms with Crippen LogP contribution < -0.4 is 5.48 Å². The first-order valence-electron chi connectivity index (χ1n) is 7.31. The Morgan fingerprint density at radius 3 is 2.39 bits per heavy atom. The number of esters is 1. The van der Waals surface area contributed by atoms with Crippen molar-refractivity contribution >= 4 is 12.1 Å². The highest BCUT2D eigenvalue weighted by molar-refractivity contribution is 5.77. The van der Waals surface area contributed by atoms with Gasteiger partial charge in [0, 0.05) is 7.05 Å². The number of hydroxylamine groups is 1. The van der Waals surface area contributed by atoms with Crippen molar-refractivity contribution in [2.45, 2.75) is 20.5 Å². The maximum Gasteiger partial charge on any atom is 0.508 e. The van der Waals surface area contributed by atoms with Gasteiger partial charge in [0.1, 0.15) is 18.6 Å². The Kier molecular flexibility index (Phi) is 8.07. The number of carbonyl (C=O) groups is 2. The van der Waals surface area contributed by atoms with Crippen molar-refractivity contribution < 1.29 is 28.6 Å². The Morgan fingerprint density at radius 1 is 1.09 bits per heavy atom. The average molecular weight is 325 g/mol. The van der Waals surface area contributed by atoms with Crippen molar-refractivity contribution in [3.05, 3.63) is 35.9 Å². The quantitative estimate of drug-likeness (QED) is 0.549. The lowest BCUT2D eigenvalue weighted by Crippen LogP contribution is -2.41. The van der Waals surface area contributed by atoms with Crippen LogP contribution in [0.25, 0.3) is 0 Å². The van der Waals surface area contributed by atoms with Crippen LogP contribution in [0.3, 0.4) is 0 Å². The van der Waals surface area contributed by atoms with Crippen LogP contribution in [0.1, 0.15) is 19.4 Å². The van der Waals surface area contributed by atoms with Crippen molar-refractivity contribution in [2.75, 3.05) is 26.9 Å². The number of hydrogen-bond donors (Lipinski definition) is 1. The molecule has 1 aromatic carbocycles. The van der Waals surface area contributed by atoms with Gasteiger partial charge in [-0.3, -0.25) is 4.79 Å². The lowest BCUT2D eigenvalue weighted by Gasteiger charge is -2.25. The normalized spacial score (nSPS) is 13.0. The molecule has 0 saturated heterocycles. The summed E-state index contributed by atoms with van der Waals surface area (Å²) >= 11 is 0. The monoisotopic (exact) mass is 325 g/mol. The fraction of sp³-hybridized carbons (Fsp3) is 0.500. The molecule has 0 spiro atoms. The molecule has 0 aliphatic rings. The molecule has 0 saturated carbocycles. The van der Waals surface area contributed by atoms with E-state index in [1.165, 1.54) is 0 Å². The molecule has 1 aromatic rings. The molecule has 0 fully saturated rings. The summed E-state index contributed by atoms with van der Waals surface area (Å²) in [6.07, 6.45) is -0.853. The third-order valence-corrected chi connectivity index (χ3v) is 3.01. The lowest BCUT2D eigenvalue weighted by molar-refractivity contribution is -0.163. The predicted molar refractivity (Wildman–Crippen MR) is 82.3 cm³/mol. The van der Waals surface area contributed by atoms with Crippen molar-refractivity contribution in [2.24, 2.45) is 5.41 Å². The van der Waals surface area contributed by atoms with E-state index in [1.807, 2.05) is 30.3 Å². The molecule has 0 heterocycles. The molecule has 0 aromatic heterocycles. The predicted octanol–water partition coefficient (Wildman–Crippen LogP) is 2.06. The highest BCUT2D eigenvalue weighted by Gasteiger charge is 2.37. The van der Waals surface area contributed by atoms with Gasteiger partial charge in [0.2, 0.25) is 0 Å². The third kappa shape index (κ3) is 6.66. The largest absolute Gasteiger partial charge is 0.508 e. The van der Waals surface area contributed by atoms with Gasteiger partial charge in [0.15, 0.2) is 0 Å². The number of nitrogens with one attached hydrogen (secondary N) is 1. The summed E-state index contributed by atoms with van der Waals surface area (Å²) in [5.41, 5.74) is 2.20. The zero-order valence-corrected chi connectivity index (χ0v) is 13.7. The van der Waals surface area contributed by atoms with Crippen LogP contribution in [0.4, 0.5) is 4.79 Å². The van der Waals surface area contributed by atoms with Crippen LogP contribution in [0, 0.1) is 5.41 Å². The summed E-state index contributed by atoms with van der Waals surface area (Å²) in [6, 6.07) is 9.22. The number of ether oxygens (including phenoxy) is 3. The van der Waals surface area contributed by atoms with E-state index in [9.17, 15) is 9.59 Å². The second-order valence-electron chi connectivity index (χ2n) is 5.09. The van der Waals surface area contributed by atoms with Crippen LogP contribution in [-0.2, 0) is 30.4 Å². The Bertz CT molecular complexity index is 493. The van der Waals surface area contributed by atoms with E-state index < -0.39 is 17.5 Å². The minimum atomic E-state index is -1.12. The molecule has 7 heteroatoms. The molecule has 128 valence electrons. The maximum atomic E-state index is 12.0. The molecular weight excluding hydrogens is 302 g/mol. The van der Waals surface area contributed by atoms with Gasteiger partial charge in [0.25, 0.3) is 0 Å². The standard InChI is InChI=1S/C16H23NO6/c1-4-20-14(18)16(2,12-23-17-3)11-22-15(19)21-10-13-8-6-5-7-9-13/h5-9,17H,4,10-12H2,1-3H3. The van der Waals surface area contributed by atoms with Crippen LogP contribution >= 0.6 is 0 Å². The average Bonchev–Trinajstić information content (AvgIpc) is 2.57. The highest BCUT2D eigenvalue weighted by atomic mass is 16.7.